The van der Waals surface area contributed by atoms with E-state index in [0.29, 0.717) is 6.42 Å². The number of carboxylic acid groups (broad SMARTS) is 1. The van der Waals surface area contributed by atoms with Gasteiger partial charge in [0.15, 0.2) is 0 Å². The quantitative estimate of drug-likeness (QED) is 0.304. The molecule has 0 radical (unpaired) electrons. The van der Waals surface area contributed by atoms with Crippen molar-refractivity contribution in [3.8, 4) is 0 Å². The molecule has 2 rings (SSSR count). The zero-order valence-corrected chi connectivity index (χ0v) is 18.3. The van der Waals surface area contributed by atoms with Crippen LogP contribution in [0.15, 0.2) is 12.2 Å². The normalized spacial score (nSPS) is 27.8. The zero-order chi connectivity index (χ0) is 20.6. The van der Waals surface area contributed by atoms with Crippen LogP contribution in [0.5, 0.6) is 0 Å². The Kier molecular flexibility index (Phi) is 9.87. The Morgan fingerprint density at radius 3 is 2.71 bits per heavy atom. The minimum Gasteiger partial charge on any atom is -0.481 e. The molecule has 28 heavy (non-hydrogen) atoms. The first-order valence-electron chi connectivity index (χ1n) is 10.4. The number of carbonyl (C=O) groups excluding carboxylic acids is 1. The number of aliphatic hydroxyl groups excluding tert-OH is 2. The van der Waals surface area contributed by atoms with Gasteiger partial charge in [-0.15, -0.1) is 11.8 Å². The molecule has 2 fully saturated rings. The fourth-order valence-corrected chi connectivity index (χ4v) is 6.52. The SMILES string of the molecule is CCCC1(C(O)CC=CC2C(O)CC(=O)C2SCCCSCC(=O)O)CCC1. The lowest BCUT2D eigenvalue weighted by atomic mass is 9.62. The maximum atomic E-state index is 12.3. The highest BCUT2D eigenvalue weighted by atomic mass is 32.2. The lowest BCUT2D eigenvalue weighted by Gasteiger charge is -2.45. The third kappa shape index (κ3) is 6.51. The van der Waals surface area contributed by atoms with Gasteiger partial charge < -0.3 is 15.3 Å². The molecule has 4 atom stereocenters. The Labute approximate surface area is 176 Å². The summed E-state index contributed by atoms with van der Waals surface area (Å²) in [5.41, 5.74) is 0.0744. The zero-order valence-electron chi connectivity index (χ0n) is 16.7. The van der Waals surface area contributed by atoms with E-state index in [1.807, 2.05) is 12.2 Å². The Morgan fingerprint density at radius 1 is 1.36 bits per heavy atom. The lowest BCUT2D eigenvalue weighted by Crippen LogP contribution is -2.41. The Balaban J connectivity index is 1.79. The van der Waals surface area contributed by atoms with Crippen molar-refractivity contribution in [2.45, 2.75) is 75.7 Å². The minimum absolute atomic E-state index is 0.0744. The van der Waals surface area contributed by atoms with Crippen molar-refractivity contribution >= 4 is 35.3 Å². The molecule has 0 aromatic heterocycles. The first-order chi connectivity index (χ1) is 13.4. The van der Waals surface area contributed by atoms with Crippen molar-refractivity contribution < 1.29 is 24.9 Å². The van der Waals surface area contributed by atoms with Crippen LogP contribution < -0.4 is 0 Å². The largest absolute Gasteiger partial charge is 0.481 e. The second kappa shape index (κ2) is 11.6. The molecule has 0 aliphatic heterocycles. The van der Waals surface area contributed by atoms with Crippen LogP contribution in [0.4, 0.5) is 0 Å². The summed E-state index contributed by atoms with van der Waals surface area (Å²) in [5.74, 6) is 0.741. The van der Waals surface area contributed by atoms with Crippen molar-refractivity contribution in [2.24, 2.45) is 11.3 Å². The summed E-state index contributed by atoms with van der Waals surface area (Å²) >= 11 is 2.95. The van der Waals surface area contributed by atoms with Crippen molar-refractivity contribution in [1.82, 2.24) is 0 Å². The summed E-state index contributed by atoms with van der Waals surface area (Å²) in [6.45, 7) is 2.16. The molecule has 0 heterocycles. The maximum Gasteiger partial charge on any atom is 0.313 e. The van der Waals surface area contributed by atoms with Gasteiger partial charge in [-0.05, 0) is 49.0 Å². The topological polar surface area (TPSA) is 94.8 Å². The number of Topliss-reactive ketones (excluding diaryl/α,β-unsaturated/α-hetero) is 1. The number of hydrogen-bond donors (Lipinski definition) is 3. The number of aliphatic hydroxyl groups is 2. The average Bonchev–Trinajstić information content (AvgIpc) is 2.87. The van der Waals surface area contributed by atoms with Gasteiger partial charge in [-0.1, -0.05) is 31.9 Å². The van der Waals surface area contributed by atoms with Crippen molar-refractivity contribution in [1.29, 1.82) is 0 Å². The van der Waals surface area contributed by atoms with Crippen molar-refractivity contribution in [2.75, 3.05) is 17.3 Å². The molecule has 0 aromatic carbocycles. The first-order valence-corrected chi connectivity index (χ1v) is 12.6. The van der Waals surface area contributed by atoms with Crippen LogP contribution in [0.25, 0.3) is 0 Å². The van der Waals surface area contributed by atoms with E-state index in [9.17, 15) is 19.8 Å². The van der Waals surface area contributed by atoms with E-state index in [1.54, 1.807) is 11.8 Å². The number of carboxylic acids is 1. The number of hydrogen-bond acceptors (Lipinski definition) is 6. The van der Waals surface area contributed by atoms with Gasteiger partial charge in [0.2, 0.25) is 0 Å². The van der Waals surface area contributed by atoms with Crippen LogP contribution >= 0.6 is 23.5 Å². The van der Waals surface area contributed by atoms with E-state index < -0.39 is 12.1 Å². The van der Waals surface area contributed by atoms with E-state index in [4.69, 9.17) is 5.11 Å². The second-order valence-electron chi connectivity index (χ2n) is 8.05. The summed E-state index contributed by atoms with van der Waals surface area (Å²) in [5, 5.41) is 29.3. The number of aliphatic carboxylic acids is 1. The third-order valence-corrected chi connectivity index (χ3v) is 8.49. The van der Waals surface area contributed by atoms with Crippen LogP contribution in [-0.4, -0.2) is 61.8 Å². The molecular weight excluding hydrogens is 396 g/mol. The van der Waals surface area contributed by atoms with Gasteiger partial charge in [0, 0.05) is 12.3 Å². The van der Waals surface area contributed by atoms with Crippen LogP contribution in [-0.2, 0) is 9.59 Å². The predicted octanol–water partition coefficient (Wildman–Crippen LogP) is 3.52. The van der Waals surface area contributed by atoms with Crippen LogP contribution in [0.3, 0.4) is 0 Å². The molecule has 160 valence electrons. The van der Waals surface area contributed by atoms with Gasteiger partial charge in [-0.3, -0.25) is 9.59 Å². The summed E-state index contributed by atoms with van der Waals surface area (Å²) in [6.07, 6.45) is 10.1. The summed E-state index contributed by atoms with van der Waals surface area (Å²) in [7, 11) is 0. The molecule has 0 aromatic rings. The molecule has 0 bridgehead atoms. The van der Waals surface area contributed by atoms with E-state index in [0.717, 1.165) is 43.6 Å². The Morgan fingerprint density at radius 2 is 2.11 bits per heavy atom. The molecule has 7 heteroatoms. The fraction of sp³-hybridized carbons (Fsp3) is 0.810. The van der Waals surface area contributed by atoms with Gasteiger partial charge in [0.1, 0.15) is 5.78 Å². The number of thioether (sulfide) groups is 2. The molecular formula is C21H34O5S2. The molecule has 2 saturated carbocycles. The average molecular weight is 431 g/mol. The van der Waals surface area contributed by atoms with Gasteiger partial charge in [-0.2, -0.15) is 11.8 Å². The minimum atomic E-state index is -0.804. The molecule has 3 N–H and O–H groups in total. The van der Waals surface area contributed by atoms with E-state index in [1.165, 1.54) is 18.2 Å². The van der Waals surface area contributed by atoms with E-state index >= 15 is 0 Å². The highest BCUT2D eigenvalue weighted by Crippen LogP contribution is 2.48. The fourth-order valence-electron chi connectivity index (χ4n) is 4.33. The van der Waals surface area contributed by atoms with Crippen LogP contribution in [0.1, 0.15) is 58.3 Å². The second-order valence-corrected chi connectivity index (χ2v) is 10.4. The monoisotopic (exact) mass is 430 g/mol. The highest BCUT2D eigenvalue weighted by Gasteiger charge is 2.42. The standard InChI is InChI=1S/C21H34O5S2/c1-2-8-21(9-4-10-21)18(24)7-3-6-15-16(22)13-17(23)20(15)28-12-5-11-27-14-19(25)26/h3,6,15-16,18,20,22,24H,2,4-5,7-14H2,1H3,(H,25,26). The molecule has 0 amide bonds. The maximum absolute atomic E-state index is 12.3. The summed E-state index contributed by atoms with van der Waals surface area (Å²) in [6, 6.07) is 0. The molecule has 4 unspecified atom stereocenters. The first kappa shape index (κ1) is 23.8. The molecule has 0 saturated heterocycles. The van der Waals surface area contributed by atoms with E-state index in [-0.39, 0.29) is 40.6 Å². The van der Waals surface area contributed by atoms with Gasteiger partial charge in [-0.25, -0.2) is 0 Å². The Hall–Kier alpha value is -0.500. The number of ketones is 1. The molecule has 0 spiro atoms. The summed E-state index contributed by atoms with van der Waals surface area (Å²) < 4.78 is 0. The molecule has 2 aliphatic carbocycles. The van der Waals surface area contributed by atoms with Gasteiger partial charge in [0.25, 0.3) is 0 Å². The third-order valence-electron chi connectivity index (χ3n) is 6.00. The Bertz CT molecular complexity index is 547. The van der Waals surface area contributed by atoms with Crippen molar-refractivity contribution in [3.63, 3.8) is 0 Å². The van der Waals surface area contributed by atoms with Gasteiger partial charge >= 0.3 is 5.97 Å². The number of carbonyl (C=O) groups is 2. The van der Waals surface area contributed by atoms with Crippen LogP contribution in [0, 0.1) is 11.3 Å². The van der Waals surface area contributed by atoms with Gasteiger partial charge in [0.05, 0.1) is 23.2 Å². The van der Waals surface area contributed by atoms with Crippen LogP contribution in [0.2, 0.25) is 0 Å². The molecule has 2 aliphatic rings. The number of rotatable bonds is 13. The van der Waals surface area contributed by atoms with Crippen molar-refractivity contribution in [3.05, 3.63) is 12.2 Å². The predicted molar refractivity (Wildman–Crippen MR) is 116 cm³/mol. The molecule has 5 nitrogen and oxygen atoms in total. The lowest BCUT2D eigenvalue weighted by molar-refractivity contribution is -0.133. The highest BCUT2D eigenvalue weighted by molar-refractivity contribution is 8.01. The van der Waals surface area contributed by atoms with E-state index in [2.05, 4.69) is 6.92 Å². The smallest absolute Gasteiger partial charge is 0.313 e. The summed E-state index contributed by atoms with van der Waals surface area (Å²) in [4.78, 5) is 22.8.